The first-order valence-corrected chi connectivity index (χ1v) is 5.65. The van der Waals surface area contributed by atoms with E-state index in [0.717, 1.165) is 0 Å². The van der Waals surface area contributed by atoms with E-state index in [2.05, 4.69) is 4.98 Å². The molecule has 6 heteroatoms. The van der Waals surface area contributed by atoms with Crippen LogP contribution in [0, 0.1) is 11.3 Å². The third-order valence-electron chi connectivity index (χ3n) is 2.14. The van der Waals surface area contributed by atoms with Gasteiger partial charge in [0, 0.05) is 18.0 Å². The Morgan fingerprint density at radius 2 is 2.06 bits per heavy atom. The summed E-state index contributed by atoms with van der Waals surface area (Å²) in [6.45, 7) is 0. The predicted octanol–water partition coefficient (Wildman–Crippen LogP) is 3.63. The molecule has 0 aliphatic heterocycles. The first-order chi connectivity index (χ1) is 8.61. The molecule has 2 N–H and O–H groups in total. The molecule has 0 bridgehead atoms. The van der Waals surface area contributed by atoms with Crippen molar-refractivity contribution in [2.75, 3.05) is 5.73 Å². The third-order valence-corrected chi connectivity index (χ3v) is 2.82. The van der Waals surface area contributed by atoms with E-state index < -0.39 is 0 Å². The second-order valence-corrected chi connectivity index (χ2v) is 4.17. The summed E-state index contributed by atoms with van der Waals surface area (Å²) in [5.41, 5.74) is 6.41. The lowest BCUT2D eigenvalue weighted by Crippen LogP contribution is -1.93. The summed E-state index contributed by atoms with van der Waals surface area (Å²) < 4.78 is 5.46. The first-order valence-electron chi connectivity index (χ1n) is 4.89. The number of nitrogens with zero attached hydrogens (tertiary/aromatic N) is 2. The maximum absolute atomic E-state index is 8.84. The summed E-state index contributed by atoms with van der Waals surface area (Å²) in [5, 5.41) is 9.36. The van der Waals surface area contributed by atoms with Gasteiger partial charge in [0.2, 0.25) is 5.88 Å². The second-order valence-electron chi connectivity index (χ2n) is 3.38. The molecule has 1 aromatic carbocycles. The zero-order valence-electron chi connectivity index (χ0n) is 9.02. The van der Waals surface area contributed by atoms with Gasteiger partial charge in [0.25, 0.3) is 0 Å². The monoisotopic (exact) mass is 279 g/mol. The molecule has 0 unspecified atom stereocenters. The van der Waals surface area contributed by atoms with Crippen molar-refractivity contribution in [3.8, 4) is 17.7 Å². The molecule has 0 saturated carbocycles. The first kappa shape index (κ1) is 12.5. The van der Waals surface area contributed by atoms with Gasteiger partial charge in [-0.3, -0.25) is 0 Å². The van der Waals surface area contributed by atoms with Crippen LogP contribution < -0.4 is 10.5 Å². The van der Waals surface area contributed by atoms with E-state index in [1.807, 2.05) is 6.07 Å². The van der Waals surface area contributed by atoms with Crippen molar-refractivity contribution >= 4 is 28.9 Å². The molecule has 2 aromatic rings. The molecule has 2 rings (SSSR count). The van der Waals surface area contributed by atoms with Crippen LogP contribution in [0.1, 0.15) is 5.56 Å². The van der Waals surface area contributed by atoms with Gasteiger partial charge in [-0.15, -0.1) is 0 Å². The van der Waals surface area contributed by atoms with Crippen LogP contribution in [0.4, 0.5) is 5.69 Å². The Morgan fingerprint density at radius 3 is 2.78 bits per heavy atom. The second kappa shape index (κ2) is 5.13. The van der Waals surface area contributed by atoms with Crippen LogP contribution in [-0.2, 0) is 0 Å². The van der Waals surface area contributed by atoms with Crippen LogP contribution in [0.25, 0.3) is 0 Å². The van der Waals surface area contributed by atoms with Gasteiger partial charge in [0.1, 0.15) is 16.8 Å². The highest BCUT2D eigenvalue weighted by Gasteiger charge is 2.11. The number of aromatic nitrogens is 1. The molecule has 0 saturated heterocycles. The van der Waals surface area contributed by atoms with Crippen molar-refractivity contribution in [1.29, 1.82) is 5.26 Å². The minimum atomic E-state index is 0.114. The summed E-state index contributed by atoms with van der Waals surface area (Å²) in [7, 11) is 0. The largest absolute Gasteiger partial charge is 0.436 e. The number of hydrogen-bond acceptors (Lipinski definition) is 4. The van der Waals surface area contributed by atoms with E-state index in [1.54, 1.807) is 18.2 Å². The van der Waals surface area contributed by atoms with Crippen LogP contribution in [0.2, 0.25) is 10.0 Å². The summed E-state index contributed by atoms with van der Waals surface area (Å²) in [5.74, 6) is 0.448. The zero-order chi connectivity index (χ0) is 13.1. The highest BCUT2D eigenvalue weighted by Crippen LogP contribution is 2.34. The van der Waals surface area contributed by atoms with Gasteiger partial charge in [-0.1, -0.05) is 23.2 Å². The Kier molecular flexibility index (Phi) is 3.56. The van der Waals surface area contributed by atoms with E-state index in [1.165, 1.54) is 12.3 Å². The van der Waals surface area contributed by atoms with Crippen molar-refractivity contribution < 1.29 is 4.74 Å². The molecular formula is C12H7Cl2N3O. The number of pyridine rings is 1. The van der Waals surface area contributed by atoms with Crippen LogP contribution in [0.5, 0.6) is 11.6 Å². The molecule has 0 spiro atoms. The number of anilines is 1. The summed E-state index contributed by atoms with van der Waals surface area (Å²) in [4.78, 5) is 3.95. The molecule has 0 fully saturated rings. The van der Waals surface area contributed by atoms with E-state index in [4.69, 9.17) is 38.9 Å². The topological polar surface area (TPSA) is 71.9 Å². The fourth-order valence-corrected chi connectivity index (χ4v) is 1.63. The van der Waals surface area contributed by atoms with E-state index >= 15 is 0 Å². The number of hydrogen-bond donors (Lipinski definition) is 1. The zero-order valence-corrected chi connectivity index (χ0v) is 10.5. The van der Waals surface area contributed by atoms with Crippen LogP contribution >= 0.6 is 23.2 Å². The molecule has 0 atom stereocenters. The van der Waals surface area contributed by atoms with Gasteiger partial charge in [-0.25, -0.2) is 4.98 Å². The SMILES string of the molecule is N#Cc1ccnc(Oc2cc(N)ccc2Cl)c1Cl. The van der Waals surface area contributed by atoms with E-state index in [-0.39, 0.29) is 16.5 Å². The number of nitrogens with two attached hydrogens (primary N) is 1. The van der Waals surface area contributed by atoms with Crippen LogP contribution in [0.3, 0.4) is 0 Å². The number of nitriles is 1. The maximum Gasteiger partial charge on any atom is 0.239 e. The van der Waals surface area contributed by atoms with Crippen molar-refractivity contribution in [3.63, 3.8) is 0 Å². The Balaban J connectivity index is 2.41. The van der Waals surface area contributed by atoms with Crippen molar-refractivity contribution in [1.82, 2.24) is 4.98 Å². The highest BCUT2D eigenvalue weighted by atomic mass is 35.5. The number of benzene rings is 1. The molecular weight excluding hydrogens is 273 g/mol. The number of rotatable bonds is 2. The smallest absolute Gasteiger partial charge is 0.239 e. The maximum atomic E-state index is 8.84. The van der Waals surface area contributed by atoms with Gasteiger partial charge < -0.3 is 10.5 Å². The number of nitrogen functional groups attached to an aromatic ring is 1. The van der Waals surface area contributed by atoms with Crippen molar-refractivity contribution in [2.24, 2.45) is 0 Å². The Hall–Kier alpha value is -1.96. The molecule has 0 aliphatic carbocycles. The molecule has 90 valence electrons. The molecule has 1 heterocycles. The lowest BCUT2D eigenvalue weighted by atomic mass is 10.3. The third kappa shape index (κ3) is 2.48. The minimum absolute atomic E-state index is 0.114. The average Bonchev–Trinajstić information content (AvgIpc) is 2.36. The molecule has 18 heavy (non-hydrogen) atoms. The Morgan fingerprint density at radius 1 is 1.28 bits per heavy atom. The van der Waals surface area contributed by atoms with E-state index in [9.17, 15) is 0 Å². The van der Waals surface area contributed by atoms with Gasteiger partial charge in [-0.05, 0) is 18.2 Å². The van der Waals surface area contributed by atoms with E-state index in [0.29, 0.717) is 16.5 Å². The Labute approximate surface area is 114 Å². The summed E-state index contributed by atoms with van der Waals surface area (Å²) in [6.07, 6.45) is 1.43. The molecule has 4 nitrogen and oxygen atoms in total. The van der Waals surface area contributed by atoms with Crippen molar-refractivity contribution in [2.45, 2.75) is 0 Å². The average molecular weight is 280 g/mol. The van der Waals surface area contributed by atoms with Gasteiger partial charge in [0.05, 0.1) is 10.6 Å². The number of ether oxygens (including phenoxy) is 1. The lowest BCUT2D eigenvalue weighted by Gasteiger charge is -2.09. The molecule has 0 aliphatic rings. The minimum Gasteiger partial charge on any atom is -0.436 e. The molecule has 0 radical (unpaired) electrons. The number of halogens is 2. The van der Waals surface area contributed by atoms with Gasteiger partial charge >= 0.3 is 0 Å². The summed E-state index contributed by atoms with van der Waals surface area (Å²) >= 11 is 11.9. The Bertz CT molecular complexity index is 638. The normalized spacial score (nSPS) is 9.83. The lowest BCUT2D eigenvalue weighted by molar-refractivity contribution is 0.463. The fraction of sp³-hybridized carbons (Fsp3) is 0. The fourth-order valence-electron chi connectivity index (χ4n) is 1.28. The quantitative estimate of drug-likeness (QED) is 0.852. The van der Waals surface area contributed by atoms with Crippen LogP contribution in [-0.4, -0.2) is 4.98 Å². The van der Waals surface area contributed by atoms with Crippen LogP contribution in [0.15, 0.2) is 30.5 Å². The van der Waals surface area contributed by atoms with Gasteiger partial charge in [-0.2, -0.15) is 5.26 Å². The standard InChI is InChI=1S/C12H7Cl2N3O/c13-9-2-1-8(16)5-10(9)18-12-11(14)7(6-15)3-4-17-12/h1-5H,16H2. The molecule has 0 amide bonds. The summed E-state index contributed by atoms with van der Waals surface area (Å²) in [6, 6.07) is 8.24. The predicted molar refractivity (Wildman–Crippen MR) is 69.9 cm³/mol. The highest BCUT2D eigenvalue weighted by molar-refractivity contribution is 6.33. The van der Waals surface area contributed by atoms with Gasteiger partial charge in [0.15, 0.2) is 0 Å². The van der Waals surface area contributed by atoms with Crippen molar-refractivity contribution in [3.05, 3.63) is 46.1 Å². The molecule has 1 aromatic heterocycles.